The highest BCUT2D eigenvalue weighted by molar-refractivity contribution is 5.94. The summed E-state index contributed by atoms with van der Waals surface area (Å²) in [6.07, 6.45) is 8.51. The molecule has 0 aliphatic rings. The Balaban J connectivity index is 1.56. The molecule has 7 nitrogen and oxygen atoms in total. The van der Waals surface area contributed by atoms with E-state index in [9.17, 15) is 4.79 Å². The highest BCUT2D eigenvalue weighted by Crippen LogP contribution is 2.06. The quantitative estimate of drug-likeness (QED) is 0.745. The van der Waals surface area contributed by atoms with Gasteiger partial charge < -0.3 is 9.88 Å². The Hall–Kier alpha value is -2.96. The van der Waals surface area contributed by atoms with E-state index in [1.807, 2.05) is 42.0 Å². The molecule has 0 aliphatic heterocycles. The Morgan fingerprint density at radius 3 is 2.70 bits per heavy atom. The number of carbonyl (C=O) groups excluding carboxylic acids is 1. The molecule has 1 unspecified atom stereocenters. The number of amides is 1. The van der Waals surface area contributed by atoms with Crippen molar-refractivity contribution in [2.45, 2.75) is 26.1 Å². The van der Waals surface area contributed by atoms with Gasteiger partial charge in [0.25, 0.3) is 5.91 Å². The summed E-state index contributed by atoms with van der Waals surface area (Å²) >= 11 is 0. The van der Waals surface area contributed by atoms with Crippen molar-refractivity contribution in [3.05, 3.63) is 66.8 Å². The van der Waals surface area contributed by atoms with E-state index in [0.717, 1.165) is 5.56 Å². The zero-order chi connectivity index (χ0) is 16.1. The molecule has 3 rings (SSSR count). The van der Waals surface area contributed by atoms with E-state index in [1.54, 1.807) is 23.5 Å². The topological polar surface area (TPSA) is 77.6 Å². The zero-order valence-electron chi connectivity index (χ0n) is 12.8. The number of nitrogens with one attached hydrogen (secondary N) is 1. The maximum absolute atomic E-state index is 12.2. The maximum Gasteiger partial charge on any atom is 0.251 e. The number of rotatable bonds is 6. The van der Waals surface area contributed by atoms with Crippen molar-refractivity contribution in [1.29, 1.82) is 0 Å². The summed E-state index contributed by atoms with van der Waals surface area (Å²) in [7, 11) is 0. The second-order valence-electron chi connectivity index (χ2n) is 5.42. The third kappa shape index (κ3) is 4.03. The van der Waals surface area contributed by atoms with Gasteiger partial charge in [-0.2, -0.15) is 5.10 Å². The highest BCUT2D eigenvalue weighted by atomic mass is 16.1. The van der Waals surface area contributed by atoms with Gasteiger partial charge in [0.2, 0.25) is 0 Å². The van der Waals surface area contributed by atoms with Crippen LogP contribution in [0.4, 0.5) is 0 Å². The normalized spacial score (nSPS) is 12.0. The lowest BCUT2D eigenvalue weighted by atomic mass is 10.1. The average molecular weight is 310 g/mol. The second kappa shape index (κ2) is 6.87. The van der Waals surface area contributed by atoms with Gasteiger partial charge in [0.1, 0.15) is 12.7 Å². The smallest absolute Gasteiger partial charge is 0.251 e. The number of nitrogens with zero attached hydrogens (tertiary/aromatic N) is 5. The van der Waals surface area contributed by atoms with E-state index in [4.69, 9.17) is 0 Å². The Bertz CT molecular complexity index is 733. The molecule has 23 heavy (non-hydrogen) atoms. The first kappa shape index (κ1) is 15.0. The fourth-order valence-corrected chi connectivity index (χ4v) is 2.33. The SMILES string of the molecule is CC(Cn1ccnc1)NC(=O)c1ccc(Cn2cncn2)cc1. The molecular formula is C16H18N6O. The molecule has 1 N–H and O–H groups in total. The van der Waals surface area contributed by atoms with Crippen LogP contribution in [0.25, 0.3) is 0 Å². The van der Waals surface area contributed by atoms with Gasteiger partial charge >= 0.3 is 0 Å². The Morgan fingerprint density at radius 2 is 2.04 bits per heavy atom. The lowest BCUT2D eigenvalue weighted by Crippen LogP contribution is -2.35. The van der Waals surface area contributed by atoms with Crippen LogP contribution in [0.2, 0.25) is 0 Å². The number of hydrogen-bond donors (Lipinski definition) is 1. The molecule has 0 saturated carbocycles. The largest absolute Gasteiger partial charge is 0.348 e. The standard InChI is InChI=1S/C16H18N6O/c1-13(8-21-7-6-17-11-21)20-16(23)15-4-2-14(3-5-15)9-22-12-18-10-19-22/h2-7,10-13H,8-9H2,1H3,(H,20,23). The molecular weight excluding hydrogens is 292 g/mol. The minimum atomic E-state index is -0.0788. The monoisotopic (exact) mass is 310 g/mol. The predicted molar refractivity (Wildman–Crippen MR) is 84.7 cm³/mol. The highest BCUT2D eigenvalue weighted by Gasteiger charge is 2.10. The molecule has 2 aromatic heterocycles. The molecule has 7 heteroatoms. The van der Waals surface area contributed by atoms with Gasteiger partial charge in [-0.1, -0.05) is 12.1 Å². The summed E-state index contributed by atoms with van der Waals surface area (Å²) in [5.41, 5.74) is 1.71. The molecule has 0 bridgehead atoms. The first-order chi connectivity index (χ1) is 11.2. The van der Waals surface area contributed by atoms with Gasteiger partial charge in [-0.3, -0.25) is 4.79 Å². The molecule has 1 aromatic carbocycles. The van der Waals surface area contributed by atoms with E-state index in [1.165, 1.54) is 6.33 Å². The Kier molecular flexibility index (Phi) is 4.46. The average Bonchev–Trinajstić information content (AvgIpc) is 3.21. The summed E-state index contributed by atoms with van der Waals surface area (Å²) in [5, 5.41) is 7.05. The number of imidazole rings is 1. The Morgan fingerprint density at radius 1 is 1.22 bits per heavy atom. The van der Waals surface area contributed by atoms with E-state index >= 15 is 0 Å². The summed E-state index contributed by atoms with van der Waals surface area (Å²) in [4.78, 5) is 20.1. The lowest BCUT2D eigenvalue weighted by Gasteiger charge is -2.14. The van der Waals surface area contributed by atoms with Gasteiger partial charge in [-0.25, -0.2) is 14.6 Å². The lowest BCUT2D eigenvalue weighted by molar-refractivity contribution is 0.0936. The maximum atomic E-state index is 12.2. The number of carbonyl (C=O) groups is 1. The molecule has 3 aromatic rings. The molecule has 0 radical (unpaired) electrons. The molecule has 0 spiro atoms. The molecule has 1 atom stereocenters. The van der Waals surface area contributed by atoms with Crippen molar-refractivity contribution in [2.24, 2.45) is 0 Å². The summed E-state index contributed by atoms with van der Waals surface area (Å²) in [6, 6.07) is 7.53. The minimum Gasteiger partial charge on any atom is -0.348 e. The van der Waals surface area contributed by atoms with Gasteiger partial charge in [0.15, 0.2) is 0 Å². The van der Waals surface area contributed by atoms with Crippen molar-refractivity contribution < 1.29 is 4.79 Å². The van der Waals surface area contributed by atoms with Crippen molar-refractivity contribution in [3.8, 4) is 0 Å². The van der Waals surface area contributed by atoms with Gasteiger partial charge in [-0.05, 0) is 24.6 Å². The molecule has 1 amide bonds. The van der Waals surface area contributed by atoms with Crippen LogP contribution < -0.4 is 5.32 Å². The van der Waals surface area contributed by atoms with Crippen molar-refractivity contribution in [3.63, 3.8) is 0 Å². The number of aromatic nitrogens is 5. The van der Waals surface area contributed by atoms with Gasteiger partial charge in [0.05, 0.1) is 12.9 Å². The van der Waals surface area contributed by atoms with Crippen LogP contribution in [0.1, 0.15) is 22.8 Å². The number of benzene rings is 1. The first-order valence-corrected chi connectivity index (χ1v) is 7.38. The van der Waals surface area contributed by atoms with Crippen LogP contribution in [0.5, 0.6) is 0 Å². The van der Waals surface area contributed by atoms with Crippen LogP contribution in [-0.2, 0) is 13.1 Å². The van der Waals surface area contributed by atoms with Crippen LogP contribution in [-0.4, -0.2) is 36.3 Å². The summed E-state index contributed by atoms with van der Waals surface area (Å²) < 4.78 is 3.68. The van der Waals surface area contributed by atoms with E-state index < -0.39 is 0 Å². The van der Waals surface area contributed by atoms with Crippen LogP contribution in [0.15, 0.2) is 55.6 Å². The van der Waals surface area contributed by atoms with E-state index in [2.05, 4.69) is 20.4 Å². The molecule has 2 heterocycles. The summed E-state index contributed by atoms with van der Waals surface area (Å²) in [5.74, 6) is -0.0788. The molecule has 0 saturated heterocycles. The zero-order valence-corrected chi connectivity index (χ0v) is 12.8. The minimum absolute atomic E-state index is 0.0199. The van der Waals surface area contributed by atoms with Crippen molar-refractivity contribution in [2.75, 3.05) is 0 Å². The van der Waals surface area contributed by atoms with Crippen LogP contribution >= 0.6 is 0 Å². The third-order valence-corrected chi connectivity index (χ3v) is 3.45. The first-order valence-electron chi connectivity index (χ1n) is 7.38. The van der Waals surface area contributed by atoms with Crippen molar-refractivity contribution >= 4 is 5.91 Å². The molecule has 0 aliphatic carbocycles. The fraction of sp³-hybridized carbons (Fsp3) is 0.250. The van der Waals surface area contributed by atoms with E-state index in [-0.39, 0.29) is 11.9 Å². The van der Waals surface area contributed by atoms with Crippen molar-refractivity contribution in [1.82, 2.24) is 29.6 Å². The predicted octanol–water partition coefficient (Wildman–Crippen LogP) is 1.34. The second-order valence-corrected chi connectivity index (χ2v) is 5.42. The summed E-state index contributed by atoms with van der Waals surface area (Å²) in [6.45, 7) is 3.30. The molecule has 118 valence electrons. The van der Waals surface area contributed by atoms with E-state index in [0.29, 0.717) is 18.7 Å². The third-order valence-electron chi connectivity index (χ3n) is 3.45. The van der Waals surface area contributed by atoms with Crippen LogP contribution in [0, 0.1) is 0 Å². The Labute approximate surface area is 134 Å². The van der Waals surface area contributed by atoms with Gasteiger partial charge in [0, 0.05) is 30.5 Å². The fourth-order valence-electron chi connectivity index (χ4n) is 2.33. The van der Waals surface area contributed by atoms with Gasteiger partial charge in [-0.15, -0.1) is 0 Å². The number of hydrogen-bond acceptors (Lipinski definition) is 4. The molecule has 0 fully saturated rings. The van der Waals surface area contributed by atoms with Crippen LogP contribution in [0.3, 0.4) is 0 Å².